The van der Waals surface area contributed by atoms with E-state index in [-0.39, 0.29) is 11.9 Å². The van der Waals surface area contributed by atoms with Crippen LogP contribution in [0, 0.1) is 5.82 Å². The number of aromatic nitrogens is 1. The predicted octanol–water partition coefficient (Wildman–Crippen LogP) is 4.54. The zero-order valence-electron chi connectivity index (χ0n) is 20.0. The van der Waals surface area contributed by atoms with Crippen molar-refractivity contribution in [3.63, 3.8) is 0 Å². The van der Waals surface area contributed by atoms with Crippen LogP contribution in [0.4, 0.5) is 4.39 Å². The molecule has 1 aromatic heterocycles. The number of piperazine rings is 1. The maximum absolute atomic E-state index is 13.1. The average molecular weight is 473 g/mol. The number of benzene rings is 2. The maximum atomic E-state index is 13.1. The van der Waals surface area contributed by atoms with Crippen LogP contribution in [0.3, 0.4) is 0 Å². The van der Waals surface area contributed by atoms with Crippen molar-refractivity contribution in [1.29, 1.82) is 0 Å². The topological polar surface area (TPSA) is 48.5 Å². The largest absolute Gasteiger partial charge is 0.353 e. The lowest BCUT2D eigenvalue weighted by Crippen LogP contribution is -2.48. The maximum Gasteiger partial charge on any atom is 0.243 e. The van der Waals surface area contributed by atoms with Gasteiger partial charge in [-0.05, 0) is 48.2 Å². The second-order valence-electron chi connectivity index (χ2n) is 8.87. The van der Waals surface area contributed by atoms with Gasteiger partial charge in [0.2, 0.25) is 5.91 Å². The number of halogens is 1. The number of hydrogen-bond acceptors (Lipinski definition) is 4. The summed E-state index contributed by atoms with van der Waals surface area (Å²) in [5, 5.41) is 2.90. The van der Waals surface area contributed by atoms with Gasteiger partial charge in [-0.1, -0.05) is 60.7 Å². The van der Waals surface area contributed by atoms with E-state index in [2.05, 4.69) is 80.8 Å². The molecule has 0 atom stereocenters. The molecular weight excluding hydrogens is 439 g/mol. The van der Waals surface area contributed by atoms with E-state index in [1.807, 2.05) is 0 Å². The minimum Gasteiger partial charge on any atom is -0.353 e. The molecule has 0 unspecified atom stereocenters. The van der Waals surface area contributed by atoms with Crippen LogP contribution in [0.1, 0.15) is 35.6 Å². The molecule has 0 radical (unpaired) electrons. The molecule has 3 aromatic rings. The Morgan fingerprint density at radius 2 is 1.60 bits per heavy atom. The first-order chi connectivity index (χ1) is 17.2. The van der Waals surface area contributed by atoms with Gasteiger partial charge in [0.05, 0.1) is 12.2 Å². The fourth-order valence-electron chi connectivity index (χ4n) is 4.55. The van der Waals surface area contributed by atoms with Gasteiger partial charge in [0.25, 0.3) is 0 Å². The van der Waals surface area contributed by atoms with E-state index in [4.69, 9.17) is 0 Å². The molecule has 2 aromatic carbocycles. The molecule has 0 saturated carbocycles. The van der Waals surface area contributed by atoms with E-state index in [0.29, 0.717) is 12.1 Å². The van der Waals surface area contributed by atoms with Gasteiger partial charge >= 0.3 is 0 Å². The molecular formula is C29H33FN4O. The quantitative estimate of drug-likeness (QED) is 0.348. The van der Waals surface area contributed by atoms with E-state index >= 15 is 0 Å². The second-order valence-corrected chi connectivity index (χ2v) is 8.87. The zero-order chi connectivity index (χ0) is 24.3. The molecule has 0 aliphatic carbocycles. The van der Waals surface area contributed by atoms with Gasteiger partial charge in [-0.3, -0.25) is 14.7 Å². The summed E-state index contributed by atoms with van der Waals surface area (Å²) in [5.41, 5.74) is 3.25. The lowest BCUT2D eigenvalue weighted by atomic mass is 9.96. The van der Waals surface area contributed by atoms with E-state index in [1.54, 1.807) is 6.08 Å². The average Bonchev–Trinajstić information content (AvgIpc) is 2.90. The Labute approximate surface area is 207 Å². The lowest BCUT2D eigenvalue weighted by molar-refractivity contribution is -0.116. The Hall–Kier alpha value is -3.35. The molecule has 1 N–H and O–H groups in total. The van der Waals surface area contributed by atoms with Crippen molar-refractivity contribution in [2.45, 2.75) is 18.9 Å². The number of nitrogens with zero attached hydrogens (tertiary/aromatic N) is 3. The molecule has 1 amide bonds. The highest BCUT2D eigenvalue weighted by molar-refractivity contribution is 5.91. The number of pyridine rings is 1. The van der Waals surface area contributed by atoms with Crippen LogP contribution in [0.25, 0.3) is 6.08 Å². The minimum atomic E-state index is -0.413. The van der Waals surface area contributed by atoms with Gasteiger partial charge in [-0.25, -0.2) is 4.39 Å². The van der Waals surface area contributed by atoms with Crippen molar-refractivity contribution in [2.24, 2.45) is 0 Å². The van der Waals surface area contributed by atoms with Crippen LogP contribution in [-0.4, -0.2) is 60.0 Å². The van der Waals surface area contributed by atoms with E-state index in [0.717, 1.165) is 51.8 Å². The van der Waals surface area contributed by atoms with Crippen molar-refractivity contribution < 1.29 is 9.18 Å². The molecule has 35 heavy (non-hydrogen) atoms. The first-order valence-electron chi connectivity index (χ1n) is 12.3. The normalized spacial score (nSPS) is 15.0. The van der Waals surface area contributed by atoms with Gasteiger partial charge < -0.3 is 10.2 Å². The van der Waals surface area contributed by atoms with Crippen LogP contribution in [0.15, 0.2) is 85.2 Å². The number of nitrogens with one attached hydrogen (secondary N) is 1. The third-order valence-corrected chi connectivity index (χ3v) is 6.36. The number of hydrogen-bond donors (Lipinski definition) is 1. The van der Waals surface area contributed by atoms with Crippen LogP contribution in [0.2, 0.25) is 0 Å². The van der Waals surface area contributed by atoms with Crippen LogP contribution in [-0.2, 0) is 4.79 Å². The SMILES string of the molecule is O=C(/C=C/c1cncc(F)c1)NCCCCN1CCN(C(c2ccccc2)c2ccccc2)CC1. The summed E-state index contributed by atoms with van der Waals surface area (Å²) in [7, 11) is 0. The van der Waals surface area contributed by atoms with Crippen molar-refractivity contribution in [3.05, 3.63) is 108 Å². The molecule has 4 rings (SSSR count). The molecule has 1 fully saturated rings. The van der Waals surface area contributed by atoms with Crippen LogP contribution < -0.4 is 5.32 Å². The summed E-state index contributed by atoms with van der Waals surface area (Å²) < 4.78 is 13.1. The molecule has 2 heterocycles. The standard InChI is InChI=1S/C29H33FN4O/c30-27-21-24(22-31-23-27)13-14-28(35)32-15-7-8-16-33-17-19-34(20-18-33)29(25-9-3-1-4-10-25)26-11-5-2-6-12-26/h1-6,9-14,21-23,29H,7-8,15-20H2,(H,32,35)/b14-13+. The third kappa shape index (κ3) is 7.57. The Kier molecular flexibility index (Phi) is 9.15. The minimum absolute atomic E-state index is 0.171. The molecule has 1 aliphatic heterocycles. The number of carbonyl (C=O) groups excluding carboxylic acids is 1. The van der Waals surface area contributed by atoms with Crippen LogP contribution >= 0.6 is 0 Å². The van der Waals surface area contributed by atoms with Gasteiger partial charge in [0.15, 0.2) is 0 Å². The molecule has 182 valence electrons. The van der Waals surface area contributed by atoms with Gasteiger partial charge in [0, 0.05) is 45.0 Å². The summed E-state index contributed by atoms with van der Waals surface area (Å²) >= 11 is 0. The molecule has 1 aliphatic rings. The summed E-state index contributed by atoms with van der Waals surface area (Å²) in [6, 6.07) is 23.2. The summed E-state index contributed by atoms with van der Waals surface area (Å²) in [4.78, 5) is 20.8. The summed E-state index contributed by atoms with van der Waals surface area (Å²) in [6.07, 6.45) is 7.63. The van der Waals surface area contributed by atoms with E-state index in [1.165, 1.54) is 29.5 Å². The van der Waals surface area contributed by atoms with E-state index in [9.17, 15) is 9.18 Å². The monoisotopic (exact) mass is 472 g/mol. The van der Waals surface area contributed by atoms with Crippen LogP contribution in [0.5, 0.6) is 0 Å². The smallest absolute Gasteiger partial charge is 0.243 e. The Morgan fingerprint density at radius 3 is 2.23 bits per heavy atom. The second kappa shape index (κ2) is 12.9. The fraction of sp³-hybridized carbons (Fsp3) is 0.310. The van der Waals surface area contributed by atoms with Gasteiger partial charge in [-0.15, -0.1) is 0 Å². The zero-order valence-corrected chi connectivity index (χ0v) is 20.0. The molecule has 6 heteroatoms. The molecule has 0 spiro atoms. The van der Waals surface area contributed by atoms with E-state index < -0.39 is 5.82 Å². The van der Waals surface area contributed by atoms with Crippen molar-refractivity contribution in [2.75, 3.05) is 39.3 Å². The highest BCUT2D eigenvalue weighted by atomic mass is 19.1. The first kappa shape index (κ1) is 24.8. The Balaban J connectivity index is 1.18. The first-order valence-corrected chi connectivity index (χ1v) is 12.3. The van der Waals surface area contributed by atoms with Crippen molar-refractivity contribution >= 4 is 12.0 Å². The van der Waals surface area contributed by atoms with Gasteiger partial charge in [-0.2, -0.15) is 0 Å². The summed E-state index contributed by atoms with van der Waals surface area (Å²) in [5.74, 6) is -0.584. The summed E-state index contributed by atoms with van der Waals surface area (Å²) in [6.45, 7) is 5.83. The number of rotatable bonds is 10. The lowest BCUT2D eigenvalue weighted by Gasteiger charge is -2.39. The molecule has 0 bridgehead atoms. The number of amides is 1. The Bertz CT molecular complexity index is 1040. The highest BCUT2D eigenvalue weighted by Crippen LogP contribution is 2.29. The fourth-order valence-corrected chi connectivity index (χ4v) is 4.55. The molecule has 1 saturated heterocycles. The Morgan fingerprint density at radius 1 is 0.943 bits per heavy atom. The highest BCUT2D eigenvalue weighted by Gasteiger charge is 2.26. The number of carbonyl (C=O) groups is 1. The van der Waals surface area contributed by atoms with Crippen molar-refractivity contribution in [1.82, 2.24) is 20.1 Å². The third-order valence-electron chi connectivity index (χ3n) is 6.36. The van der Waals surface area contributed by atoms with Crippen molar-refractivity contribution in [3.8, 4) is 0 Å². The molecule has 5 nitrogen and oxygen atoms in total. The predicted molar refractivity (Wildman–Crippen MR) is 138 cm³/mol. The number of unbranched alkanes of at least 4 members (excludes halogenated alkanes) is 1. The van der Waals surface area contributed by atoms with Gasteiger partial charge in [0.1, 0.15) is 5.82 Å².